The van der Waals surface area contributed by atoms with Crippen LogP contribution in [0.25, 0.3) is 0 Å². The minimum absolute atomic E-state index is 0. The van der Waals surface area contributed by atoms with E-state index in [2.05, 4.69) is 12.1 Å². The molecule has 13 heavy (non-hydrogen) atoms. The van der Waals surface area contributed by atoms with E-state index < -0.39 is 0 Å². The smallest absolute Gasteiger partial charge is 0.217 e. The van der Waals surface area contributed by atoms with Gasteiger partial charge in [0.1, 0.15) is 0 Å². The maximum atomic E-state index is 10.4. The number of aryl methyl sites for hydroxylation is 1. The molecule has 0 fully saturated rings. The van der Waals surface area contributed by atoms with Crippen LogP contribution in [0.5, 0.6) is 0 Å². The second-order valence-corrected chi connectivity index (χ2v) is 2.81. The van der Waals surface area contributed by atoms with Gasteiger partial charge in [-0.2, -0.15) is 0 Å². The van der Waals surface area contributed by atoms with E-state index in [0.29, 0.717) is 6.42 Å². The van der Waals surface area contributed by atoms with Gasteiger partial charge in [-0.3, -0.25) is 4.79 Å². The molecule has 3 heteroatoms. The second kappa shape index (κ2) is 6.20. The minimum Gasteiger partial charge on any atom is -0.412 e. The lowest BCUT2D eigenvalue weighted by Gasteiger charge is -1.97. The summed E-state index contributed by atoms with van der Waals surface area (Å²) in [5.41, 5.74) is 6.28. The van der Waals surface area contributed by atoms with Crippen molar-refractivity contribution in [3.63, 3.8) is 0 Å². The lowest BCUT2D eigenvalue weighted by atomic mass is 10.1. The largest absolute Gasteiger partial charge is 0.412 e. The van der Waals surface area contributed by atoms with Gasteiger partial charge in [0.2, 0.25) is 5.91 Å². The van der Waals surface area contributed by atoms with E-state index in [1.54, 1.807) is 0 Å². The van der Waals surface area contributed by atoms with E-state index >= 15 is 0 Å². The van der Waals surface area contributed by atoms with Crippen molar-refractivity contribution < 1.29 is 10.3 Å². The molecule has 0 saturated heterocycles. The van der Waals surface area contributed by atoms with Crippen molar-refractivity contribution in [3.05, 3.63) is 35.9 Å². The number of amides is 1. The maximum absolute atomic E-state index is 10.4. The fourth-order valence-corrected chi connectivity index (χ4v) is 1.11. The highest BCUT2D eigenvalue weighted by atomic mass is 16.1. The van der Waals surface area contributed by atoms with Gasteiger partial charge in [0.05, 0.1) is 0 Å². The average Bonchev–Trinajstić information content (AvgIpc) is 2.05. The van der Waals surface area contributed by atoms with E-state index in [9.17, 15) is 4.79 Å². The van der Waals surface area contributed by atoms with Gasteiger partial charge in [-0.1, -0.05) is 30.3 Å². The van der Waals surface area contributed by atoms with Gasteiger partial charge in [-0.15, -0.1) is 0 Å². The fraction of sp³-hybridized carbons (Fsp3) is 0.300. The Labute approximate surface area is 77.9 Å². The Morgan fingerprint density at radius 3 is 2.38 bits per heavy atom. The zero-order valence-corrected chi connectivity index (χ0v) is 7.49. The number of hydrogen-bond acceptors (Lipinski definition) is 1. The Hall–Kier alpha value is -1.35. The van der Waals surface area contributed by atoms with E-state index in [0.717, 1.165) is 12.8 Å². The van der Waals surface area contributed by atoms with Crippen LogP contribution in [0.1, 0.15) is 18.4 Å². The summed E-state index contributed by atoms with van der Waals surface area (Å²) in [6, 6.07) is 10.1. The van der Waals surface area contributed by atoms with E-state index in [1.807, 2.05) is 18.2 Å². The van der Waals surface area contributed by atoms with Crippen molar-refractivity contribution in [3.8, 4) is 0 Å². The Kier molecular flexibility index (Phi) is 5.55. The molecule has 0 radical (unpaired) electrons. The number of hydrogen-bond donors (Lipinski definition) is 1. The lowest BCUT2D eigenvalue weighted by Crippen LogP contribution is -2.10. The first-order valence-electron chi connectivity index (χ1n) is 4.11. The summed E-state index contributed by atoms with van der Waals surface area (Å²) < 4.78 is 0. The molecule has 0 saturated carbocycles. The first-order chi connectivity index (χ1) is 5.79. The van der Waals surface area contributed by atoms with Crippen molar-refractivity contribution in [1.29, 1.82) is 0 Å². The minimum atomic E-state index is -0.217. The number of carbonyl (C=O) groups excluding carboxylic acids is 1. The Morgan fingerprint density at radius 1 is 1.23 bits per heavy atom. The molecule has 0 aliphatic heterocycles. The first kappa shape index (κ1) is 11.6. The Bertz CT molecular complexity index is 246. The average molecular weight is 181 g/mol. The summed E-state index contributed by atoms with van der Waals surface area (Å²) in [6.07, 6.45) is 2.26. The first-order valence-corrected chi connectivity index (χ1v) is 4.11. The van der Waals surface area contributed by atoms with Gasteiger partial charge in [0, 0.05) is 6.42 Å². The SMILES string of the molecule is NC(=O)CCCc1ccccc1.O. The molecule has 0 aromatic heterocycles. The number of carbonyl (C=O) groups is 1. The molecule has 1 rings (SSSR count). The van der Waals surface area contributed by atoms with Crippen LogP contribution in [0.2, 0.25) is 0 Å². The van der Waals surface area contributed by atoms with Gasteiger partial charge in [-0.25, -0.2) is 0 Å². The van der Waals surface area contributed by atoms with E-state index in [1.165, 1.54) is 5.56 Å². The summed E-state index contributed by atoms with van der Waals surface area (Å²) in [7, 11) is 0. The number of primary amides is 1. The van der Waals surface area contributed by atoms with Crippen LogP contribution >= 0.6 is 0 Å². The quantitative estimate of drug-likeness (QED) is 0.728. The van der Waals surface area contributed by atoms with Crippen molar-refractivity contribution >= 4 is 5.91 Å². The van der Waals surface area contributed by atoms with Gasteiger partial charge < -0.3 is 11.2 Å². The van der Waals surface area contributed by atoms with Crippen LogP contribution in [-0.2, 0) is 11.2 Å². The highest BCUT2D eigenvalue weighted by Gasteiger charge is 1.95. The van der Waals surface area contributed by atoms with E-state index in [4.69, 9.17) is 5.73 Å². The third kappa shape index (κ3) is 4.98. The molecule has 72 valence electrons. The van der Waals surface area contributed by atoms with Gasteiger partial charge in [0.15, 0.2) is 0 Å². The number of nitrogens with two attached hydrogens (primary N) is 1. The van der Waals surface area contributed by atoms with Gasteiger partial charge in [0.25, 0.3) is 0 Å². The van der Waals surface area contributed by atoms with Crippen LogP contribution < -0.4 is 5.73 Å². The monoisotopic (exact) mass is 181 g/mol. The van der Waals surface area contributed by atoms with Crippen LogP contribution in [-0.4, -0.2) is 11.4 Å². The summed E-state index contributed by atoms with van der Waals surface area (Å²) in [5, 5.41) is 0. The van der Waals surface area contributed by atoms with Crippen molar-refractivity contribution in [2.75, 3.05) is 0 Å². The highest BCUT2D eigenvalue weighted by Crippen LogP contribution is 2.03. The second-order valence-electron chi connectivity index (χ2n) is 2.81. The zero-order chi connectivity index (χ0) is 8.81. The molecule has 0 heterocycles. The molecule has 0 aliphatic rings. The molecule has 0 unspecified atom stereocenters. The van der Waals surface area contributed by atoms with Gasteiger partial charge in [-0.05, 0) is 18.4 Å². The summed E-state index contributed by atoms with van der Waals surface area (Å²) in [4.78, 5) is 10.4. The molecule has 3 nitrogen and oxygen atoms in total. The van der Waals surface area contributed by atoms with Crippen molar-refractivity contribution in [2.24, 2.45) is 5.73 Å². The lowest BCUT2D eigenvalue weighted by molar-refractivity contribution is -0.118. The molecule has 0 bridgehead atoms. The van der Waals surface area contributed by atoms with E-state index in [-0.39, 0.29) is 11.4 Å². The molecular weight excluding hydrogens is 166 g/mol. The molecule has 1 amide bonds. The maximum Gasteiger partial charge on any atom is 0.217 e. The summed E-state index contributed by atoms with van der Waals surface area (Å²) >= 11 is 0. The normalized spacial score (nSPS) is 8.92. The van der Waals surface area contributed by atoms with Gasteiger partial charge >= 0.3 is 0 Å². The topological polar surface area (TPSA) is 74.6 Å². The fourth-order valence-electron chi connectivity index (χ4n) is 1.11. The Morgan fingerprint density at radius 2 is 1.85 bits per heavy atom. The Balaban J connectivity index is 0.00000144. The molecule has 1 aromatic rings. The molecular formula is C10H15NO2. The van der Waals surface area contributed by atoms with Crippen molar-refractivity contribution in [2.45, 2.75) is 19.3 Å². The molecule has 1 aromatic carbocycles. The highest BCUT2D eigenvalue weighted by molar-refractivity contribution is 5.73. The van der Waals surface area contributed by atoms with Crippen molar-refractivity contribution in [1.82, 2.24) is 0 Å². The molecule has 0 spiro atoms. The summed E-state index contributed by atoms with van der Waals surface area (Å²) in [5.74, 6) is -0.217. The molecule has 4 N–H and O–H groups in total. The zero-order valence-electron chi connectivity index (χ0n) is 7.49. The number of benzene rings is 1. The number of rotatable bonds is 4. The third-order valence-corrected chi connectivity index (χ3v) is 1.73. The summed E-state index contributed by atoms with van der Waals surface area (Å²) in [6.45, 7) is 0. The molecule has 0 aliphatic carbocycles. The predicted molar refractivity (Wildman–Crippen MR) is 52.2 cm³/mol. The van der Waals surface area contributed by atoms with Crippen LogP contribution in [0, 0.1) is 0 Å². The van der Waals surface area contributed by atoms with Crippen LogP contribution in [0.3, 0.4) is 0 Å². The molecule has 0 atom stereocenters. The third-order valence-electron chi connectivity index (χ3n) is 1.73. The van der Waals surface area contributed by atoms with Crippen LogP contribution in [0.4, 0.5) is 0 Å². The standard InChI is InChI=1S/C10H13NO.H2O/c11-10(12)8-4-7-9-5-2-1-3-6-9;/h1-3,5-6H,4,7-8H2,(H2,11,12);1H2. The predicted octanol–water partition coefficient (Wildman–Crippen LogP) is 0.670. The van der Waals surface area contributed by atoms with Crippen LogP contribution in [0.15, 0.2) is 30.3 Å².